The summed E-state index contributed by atoms with van der Waals surface area (Å²) in [6, 6.07) is 8.23. The first kappa shape index (κ1) is 14.1. The number of nitriles is 1. The molecule has 0 radical (unpaired) electrons. The predicted octanol–water partition coefficient (Wildman–Crippen LogP) is 1.90. The van der Waals surface area contributed by atoms with Crippen LogP contribution >= 0.6 is 0 Å². The Bertz CT molecular complexity index is 525. The molecule has 1 aliphatic rings. The molecule has 2 amide bonds. The fourth-order valence-corrected chi connectivity index (χ4v) is 2.35. The third-order valence-electron chi connectivity index (χ3n) is 3.55. The van der Waals surface area contributed by atoms with Gasteiger partial charge in [-0.3, -0.25) is 20.4 Å². The first-order chi connectivity index (χ1) is 9.70. The highest BCUT2D eigenvalue weighted by Crippen LogP contribution is 2.23. The summed E-state index contributed by atoms with van der Waals surface area (Å²) in [7, 11) is 0. The van der Waals surface area contributed by atoms with Crippen molar-refractivity contribution in [2.45, 2.75) is 32.1 Å². The lowest BCUT2D eigenvalue weighted by atomic mass is 9.89. The second-order valence-corrected chi connectivity index (χ2v) is 4.97. The van der Waals surface area contributed by atoms with E-state index in [4.69, 9.17) is 5.26 Å². The average molecular weight is 271 g/mol. The molecule has 5 nitrogen and oxygen atoms in total. The number of hydrogen-bond acceptors (Lipinski definition) is 3. The summed E-state index contributed by atoms with van der Waals surface area (Å²) in [6.07, 6.45) is 5.10. The van der Waals surface area contributed by atoms with Crippen LogP contribution in [-0.4, -0.2) is 11.8 Å². The topological polar surface area (TPSA) is 82.0 Å². The van der Waals surface area contributed by atoms with Crippen molar-refractivity contribution in [2.24, 2.45) is 5.92 Å². The summed E-state index contributed by atoms with van der Waals surface area (Å²) in [5.74, 6) is -0.490. The Morgan fingerprint density at radius 3 is 2.30 bits per heavy atom. The van der Waals surface area contributed by atoms with Gasteiger partial charge in [0.25, 0.3) is 5.91 Å². The number of benzene rings is 1. The molecule has 1 aromatic carbocycles. The third kappa shape index (κ3) is 3.58. The molecule has 0 spiro atoms. The fourth-order valence-electron chi connectivity index (χ4n) is 2.35. The maximum atomic E-state index is 11.9. The molecule has 2 rings (SSSR count). The lowest BCUT2D eigenvalue weighted by Gasteiger charge is -2.20. The van der Waals surface area contributed by atoms with E-state index in [-0.39, 0.29) is 17.7 Å². The smallest absolute Gasteiger partial charge is 0.269 e. The molecule has 5 heteroatoms. The summed E-state index contributed by atoms with van der Waals surface area (Å²) < 4.78 is 0. The zero-order valence-corrected chi connectivity index (χ0v) is 11.2. The first-order valence-corrected chi connectivity index (χ1v) is 6.81. The molecule has 20 heavy (non-hydrogen) atoms. The molecular weight excluding hydrogens is 254 g/mol. The van der Waals surface area contributed by atoms with Crippen LogP contribution in [0, 0.1) is 17.2 Å². The summed E-state index contributed by atoms with van der Waals surface area (Å²) >= 11 is 0. The van der Waals surface area contributed by atoms with Crippen molar-refractivity contribution in [1.82, 2.24) is 10.9 Å². The van der Waals surface area contributed by atoms with Crippen LogP contribution in [-0.2, 0) is 4.79 Å². The molecule has 2 N–H and O–H groups in total. The Hall–Kier alpha value is -2.35. The zero-order valence-electron chi connectivity index (χ0n) is 11.2. The van der Waals surface area contributed by atoms with Crippen LogP contribution in [0.4, 0.5) is 0 Å². The molecule has 0 unspecified atom stereocenters. The van der Waals surface area contributed by atoms with Crippen molar-refractivity contribution >= 4 is 11.8 Å². The highest BCUT2D eigenvalue weighted by molar-refractivity contribution is 5.95. The van der Waals surface area contributed by atoms with E-state index in [2.05, 4.69) is 10.9 Å². The van der Waals surface area contributed by atoms with Gasteiger partial charge in [-0.05, 0) is 37.1 Å². The number of hydrogen-bond donors (Lipinski definition) is 2. The number of carbonyl (C=O) groups excluding carboxylic acids is 2. The van der Waals surface area contributed by atoms with Gasteiger partial charge in [0.1, 0.15) is 0 Å². The number of nitrogens with one attached hydrogen (secondary N) is 2. The number of carbonyl (C=O) groups is 2. The number of amides is 2. The van der Waals surface area contributed by atoms with Gasteiger partial charge >= 0.3 is 0 Å². The Morgan fingerprint density at radius 1 is 1.05 bits per heavy atom. The Labute approximate surface area is 117 Å². The zero-order chi connectivity index (χ0) is 14.4. The van der Waals surface area contributed by atoms with Crippen LogP contribution < -0.4 is 10.9 Å². The van der Waals surface area contributed by atoms with Crippen LogP contribution in [0.2, 0.25) is 0 Å². The van der Waals surface area contributed by atoms with Gasteiger partial charge in [0.2, 0.25) is 5.91 Å². The summed E-state index contributed by atoms with van der Waals surface area (Å²) in [5.41, 5.74) is 5.79. The monoisotopic (exact) mass is 271 g/mol. The van der Waals surface area contributed by atoms with Crippen molar-refractivity contribution in [2.75, 3.05) is 0 Å². The van der Waals surface area contributed by atoms with Crippen molar-refractivity contribution in [3.63, 3.8) is 0 Å². The minimum absolute atomic E-state index is 0.00464. The quantitative estimate of drug-likeness (QED) is 0.806. The molecule has 0 aromatic heterocycles. The summed E-state index contributed by atoms with van der Waals surface area (Å²) in [4.78, 5) is 23.7. The lowest BCUT2D eigenvalue weighted by Crippen LogP contribution is -2.44. The Balaban J connectivity index is 1.84. The van der Waals surface area contributed by atoms with E-state index in [0.29, 0.717) is 11.1 Å². The maximum absolute atomic E-state index is 11.9. The first-order valence-electron chi connectivity index (χ1n) is 6.81. The van der Waals surface area contributed by atoms with Gasteiger partial charge in [-0.1, -0.05) is 19.3 Å². The predicted molar refractivity (Wildman–Crippen MR) is 73.3 cm³/mol. The Morgan fingerprint density at radius 2 is 1.70 bits per heavy atom. The van der Waals surface area contributed by atoms with Gasteiger partial charge in [0.15, 0.2) is 0 Å². The van der Waals surface area contributed by atoms with E-state index in [0.717, 1.165) is 25.7 Å². The maximum Gasteiger partial charge on any atom is 0.269 e. The molecule has 0 bridgehead atoms. The van der Waals surface area contributed by atoms with Gasteiger partial charge in [-0.2, -0.15) is 5.26 Å². The molecule has 0 heterocycles. The third-order valence-corrected chi connectivity index (χ3v) is 3.55. The van der Waals surface area contributed by atoms with Gasteiger partial charge in [-0.15, -0.1) is 0 Å². The highest BCUT2D eigenvalue weighted by atomic mass is 16.2. The molecule has 1 aromatic rings. The second kappa shape index (κ2) is 6.71. The minimum Gasteiger partial charge on any atom is -0.273 e. The van der Waals surface area contributed by atoms with Gasteiger partial charge in [0, 0.05) is 11.5 Å². The van der Waals surface area contributed by atoms with Crippen LogP contribution in [0.5, 0.6) is 0 Å². The SMILES string of the molecule is N#Cc1ccc(C(=O)NNC(=O)C2CCCCC2)cc1. The van der Waals surface area contributed by atoms with E-state index >= 15 is 0 Å². The van der Waals surface area contributed by atoms with E-state index < -0.39 is 0 Å². The molecule has 1 aliphatic carbocycles. The highest BCUT2D eigenvalue weighted by Gasteiger charge is 2.21. The van der Waals surface area contributed by atoms with Gasteiger partial charge < -0.3 is 0 Å². The van der Waals surface area contributed by atoms with Crippen LogP contribution in [0.25, 0.3) is 0 Å². The van der Waals surface area contributed by atoms with Gasteiger partial charge in [-0.25, -0.2) is 0 Å². The Kier molecular flexibility index (Phi) is 4.72. The second-order valence-electron chi connectivity index (χ2n) is 4.97. The van der Waals surface area contributed by atoms with Gasteiger partial charge in [0.05, 0.1) is 11.6 Å². The standard InChI is InChI=1S/C15H17N3O2/c16-10-11-6-8-13(9-7-11)15(20)18-17-14(19)12-4-2-1-3-5-12/h6-9,12H,1-5H2,(H,17,19)(H,18,20). The average Bonchev–Trinajstić information content (AvgIpc) is 2.53. The minimum atomic E-state index is -0.376. The van der Waals surface area contributed by atoms with Crippen LogP contribution in [0.15, 0.2) is 24.3 Å². The number of hydrazine groups is 1. The fraction of sp³-hybridized carbons (Fsp3) is 0.400. The summed E-state index contributed by atoms with van der Waals surface area (Å²) in [6.45, 7) is 0. The van der Waals surface area contributed by atoms with Crippen molar-refractivity contribution in [3.8, 4) is 6.07 Å². The van der Waals surface area contributed by atoms with E-state index in [1.807, 2.05) is 6.07 Å². The molecule has 0 saturated heterocycles. The largest absolute Gasteiger partial charge is 0.273 e. The number of nitrogens with zero attached hydrogens (tertiary/aromatic N) is 1. The van der Waals surface area contributed by atoms with Crippen LogP contribution in [0.1, 0.15) is 48.0 Å². The molecule has 1 saturated carbocycles. The van der Waals surface area contributed by atoms with Crippen molar-refractivity contribution in [1.29, 1.82) is 5.26 Å². The van der Waals surface area contributed by atoms with E-state index in [9.17, 15) is 9.59 Å². The summed E-state index contributed by atoms with van der Waals surface area (Å²) in [5, 5.41) is 8.68. The normalized spacial score (nSPS) is 15.2. The molecule has 104 valence electrons. The van der Waals surface area contributed by atoms with E-state index in [1.54, 1.807) is 24.3 Å². The molecule has 0 atom stereocenters. The van der Waals surface area contributed by atoms with Crippen molar-refractivity contribution in [3.05, 3.63) is 35.4 Å². The molecule has 1 fully saturated rings. The lowest BCUT2D eigenvalue weighted by molar-refractivity contribution is -0.126. The molecule has 0 aliphatic heterocycles. The molecular formula is C15H17N3O2. The van der Waals surface area contributed by atoms with Crippen molar-refractivity contribution < 1.29 is 9.59 Å². The van der Waals surface area contributed by atoms with Crippen LogP contribution in [0.3, 0.4) is 0 Å². The van der Waals surface area contributed by atoms with E-state index in [1.165, 1.54) is 6.42 Å². The number of rotatable bonds is 2.